The molecular weight excluding hydrogens is 494 g/mol. The maximum Gasteiger partial charge on any atom is 0.295 e. The highest BCUT2D eigenvalue weighted by atomic mass is 79.9. The molecule has 2 aliphatic heterocycles. The summed E-state index contributed by atoms with van der Waals surface area (Å²) < 4.78 is 6.66. The molecule has 5 rings (SSSR count). The molecule has 3 aromatic carbocycles. The summed E-state index contributed by atoms with van der Waals surface area (Å²) in [5.74, 6) is -0.625. The molecule has 172 valence electrons. The molecule has 0 saturated carbocycles. The Kier molecular flexibility index (Phi) is 6.00. The predicted molar refractivity (Wildman–Crippen MR) is 134 cm³/mol. The number of aliphatic hydroxyl groups is 1. The van der Waals surface area contributed by atoms with Crippen molar-refractivity contribution in [2.75, 3.05) is 6.54 Å². The fourth-order valence-corrected chi connectivity index (χ4v) is 4.99. The second-order valence-corrected chi connectivity index (χ2v) is 9.65. The maximum absolute atomic E-state index is 13.2. The van der Waals surface area contributed by atoms with Crippen molar-refractivity contribution in [3.05, 3.63) is 105 Å². The summed E-state index contributed by atoms with van der Waals surface area (Å²) in [6.45, 7) is 2.35. The summed E-state index contributed by atoms with van der Waals surface area (Å²) in [7, 11) is 0. The first-order valence-corrected chi connectivity index (χ1v) is 12.1. The number of ketones is 1. The number of carbonyl (C=O) groups is 2. The van der Waals surface area contributed by atoms with Crippen molar-refractivity contribution in [2.24, 2.45) is 0 Å². The Hall–Kier alpha value is -3.38. The number of nitrogens with zero attached hydrogens (tertiary/aromatic N) is 1. The summed E-state index contributed by atoms with van der Waals surface area (Å²) in [5.41, 5.74) is 3.46. The largest absolute Gasteiger partial charge is 0.507 e. The number of halogens is 1. The summed E-state index contributed by atoms with van der Waals surface area (Å²) in [6, 6.07) is 22.1. The fourth-order valence-electron chi connectivity index (χ4n) is 4.72. The van der Waals surface area contributed by atoms with Crippen LogP contribution in [0.25, 0.3) is 5.76 Å². The van der Waals surface area contributed by atoms with Gasteiger partial charge in [-0.25, -0.2) is 0 Å². The van der Waals surface area contributed by atoms with E-state index in [1.54, 1.807) is 11.0 Å². The zero-order valence-electron chi connectivity index (χ0n) is 18.7. The third-order valence-corrected chi connectivity index (χ3v) is 6.91. The standard InChI is InChI=1S/C28H24BrNO4/c1-17-15-21-16-20(9-12-23(21)34-17)26(31)24-25(19-7-10-22(29)11-8-19)30(28(33)27(24)32)14-13-18-5-3-2-4-6-18/h2-12,16-17,25,31H,13-15H2,1H3. The molecule has 0 spiro atoms. The number of hydrogen-bond acceptors (Lipinski definition) is 4. The Morgan fingerprint density at radius 3 is 2.53 bits per heavy atom. The normalized spacial score (nSPS) is 20.9. The lowest BCUT2D eigenvalue weighted by atomic mass is 9.94. The average Bonchev–Trinajstić information content (AvgIpc) is 3.34. The Morgan fingerprint density at radius 2 is 1.79 bits per heavy atom. The molecule has 2 unspecified atom stereocenters. The summed E-state index contributed by atoms with van der Waals surface area (Å²) in [6.07, 6.45) is 1.41. The van der Waals surface area contributed by atoms with Gasteiger partial charge in [0.15, 0.2) is 0 Å². The lowest BCUT2D eigenvalue weighted by Gasteiger charge is -2.25. The molecule has 3 aromatic rings. The number of rotatable bonds is 5. The van der Waals surface area contributed by atoms with Gasteiger partial charge in [-0.1, -0.05) is 58.4 Å². The minimum atomic E-state index is -0.666. The molecule has 0 bridgehead atoms. The zero-order valence-corrected chi connectivity index (χ0v) is 20.3. The van der Waals surface area contributed by atoms with Crippen LogP contribution in [0.2, 0.25) is 0 Å². The van der Waals surface area contributed by atoms with E-state index in [-0.39, 0.29) is 17.4 Å². The van der Waals surface area contributed by atoms with E-state index < -0.39 is 17.7 Å². The van der Waals surface area contributed by atoms with Gasteiger partial charge in [0, 0.05) is 23.0 Å². The van der Waals surface area contributed by atoms with Crippen molar-refractivity contribution >= 4 is 33.4 Å². The van der Waals surface area contributed by atoms with Crippen molar-refractivity contribution in [1.82, 2.24) is 4.90 Å². The molecule has 2 atom stereocenters. The van der Waals surface area contributed by atoms with Crippen molar-refractivity contribution < 1.29 is 19.4 Å². The van der Waals surface area contributed by atoms with Crippen molar-refractivity contribution in [2.45, 2.75) is 31.9 Å². The fraction of sp³-hybridized carbons (Fsp3) is 0.214. The van der Waals surface area contributed by atoms with Gasteiger partial charge in [0.2, 0.25) is 0 Å². The highest BCUT2D eigenvalue weighted by molar-refractivity contribution is 9.10. The molecule has 0 radical (unpaired) electrons. The number of benzene rings is 3. The molecule has 5 nitrogen and oxygen atoms in total. The predicted octanol–water partition coefficient (Wildman–Crippen LogP) is 5.44. The Bertz CT molecular complexity index is 1280. The van der Waals surface area contributed by atoms with Gasteiger partial charge in [0.1, 0.15) is 17.6 Å². The highest BCUT2D eigenvalue weighted by Crippen LogP contribution is 2.41. The number of fused-ring (bicyclic) bond motifs is 1. The van der Waals surface area contributed by atoms with Crippen LogP contribution in [0.1, 0.15) is 35.2 Å². The lowest BCUT2D eigenvalue weighted by Crippen LogP contribution is -2.31. The van der Waals surface area contributed by atoms with Gasteiger partial charge in [-0.05, 0) is 60.4 Å². The molecule has 34 heavy (non-hydrogen) atoms. The number of Topliss-reactive ketones (excluding diaryl/α,β-unsaturated/α-hetero) is 1. The highest BCUT2D eigenvalue weighted by Gasteiger charge is 2.45. The van der Waals surface area contributed by atoms with Crippen molar-refractivity contribution in [3.8, 4) is 5.75 Å². The van der Waals surface area contributed by atoms with E-state index >= 15 is 0 Å². The minimum absolute atomic E-state index is 0.0683. The van der Waals surface area contributed by atoms with Gasteiger partial charge in [-0.2, -0.15) is 0 Å². The summed E-state index contributed by atoms with van der Waals surface area (Å²) in [5, 5.41) is 11.3. The van der Waals surface area contributed by atoms with Crippen LogP contribution in [-0.2, 0) is 22.4 Å². The van der Waals surface area contributed by atoms with Crippen molar-refractivity contribution in [3.63, 3.8) is 0 Å². The SMILES string of the molecule is CC1Cc2cc(C(O)=C3C(=O)C(=O)N(CCc4ccccc4)C3c3ccc(Br)cc3)ccc2O1. The third kappa shape index (κ3) is 4.14. The Balaban J connectivity index is 1.57. The number of amides is 1. The molecule has 1 fully saturated rings. The van der Waals surface area contributed by atoms with Gasteiger partial charge in [0.05, 0.1) is 11.6 Å². The molecule has 2 aliphatic rings. The molecule has 6 heteroatoms. The van der Waals surface area contributed by atoms with Gasteiger partial charge >= 0.3 is 0 Å². The second-order valence-electron chi connectivity index (χ2n) is 8.73. The second kappa shape index (κ2) is 9.11. The Labute approximate surface area is 206 Å². The zero-order chi connectivity index (χ0) is 23.8. The maximum atomic E-state index is 13.2. The number of likely N-dealkylation sites (tertiary alicyclic amines) is 1. The third-order valence-electron chi connectivity index (χ3n) is 6.38. The molecule has 0 aliphatic carbocycles. The van der Waals surface area contributed by atoms with E-state index in [2.05, 4.69) is 15.9 Å². The van der Waals surface area contributed by atoms with Crippen LogP contribution in [0.4, 0.5) is 0 Å². The first kappa shape index (κ1) is 22.4. The van der Waals surface area contributed by atoms with Crippen LogP contribution in [-0.4, -0.2) is 34.3 Å². The summed E-state index contributed by atoms with van der Waals surface area (Å²) >= 11 is 3.45. The summed E-state index contributed by atoms with van der Waals surface area (Å²) in [4.78, 5) is 28.0. The molecular formula is C28H24BrNO4. The van der Waals surface area contributed by atoms with Crippen LogP contribution in [0.3, 0.4) is 0 Å². The average molecular weight is 518 g/mol. The van der Waals surface area contributed by atoms with Crippen LogP contribution in [0.15, 0.2) is 82.8 Å². The lowest BCUT2D eigenvalue weighted by molar-refractivity contribution is -0.139. The van der Waals surface area contributed by atoms with Crippen LogP contribution >= 0.6 is 15.9 Å². The van der Waals surface area contributed by atoms with Gasteiger partial charge in [0.25, 0.3) is 11.7 Å². The van der Waals surface area contributed by atoms with E-state index in [1.807, 2.05) is 73.7 Å². The number of ether oxygens (including phenoxy) is 1. The quantitative estimate of drug-likeness (QED) is 0.278. The number of aliphatic hydroxyl groups excluding tert-OH is 1. The van der Waals surface area contributed by atoms with Crippen LogP contribution in [0, 0.1) is 0 Å². The molecule has 1 amide bonds. The van der Waals surface area contributed by atoms with E-state index in [0.29, 0.717) is 18.5 Å². The number of carbonyl (C=O) groups excluding carboxylic acids is 2. The molecule has 1 saturated heterocycles. The number of hydrogen-bond donors (Lipinski definition) is 1. The molecule has 2 heterocycles. The van der Waals surface area contributed by atoms with Gasteiger partial charge in [-0.3, -0.25) is 9.59 Å². The van der Waals surface area contributed by atoms with Gasteiger partial charge in [-0.15, -0.1) is 0 Å². The monoisotopic (exact) mass is 517 g/mol. The van der Waals surface area contributed by atoms with E-state index in [0.717, 1.165) is 33.3 Å². The van der Waals surface area contributed by atoms with Crippen molar-refractivity contribution in [1.29, 1.82) is 0 Å². The minimum Gasteiger partial charge on any atom is -0.507 e. The molecule has 1 N–H and O–H groups in total. The first-order valence-electron chi connectivity index (χ1n) is 11.3. The topological polar surface area (TPSA) is 66.8 Å². The Morgan fingerprint density at radius 1 is 1.06 bits per heavy atom. The van der Waals surface area contributed by atoms with E-state index in [9.17, 15) is 14.7 Å². The van der Waals surface area contributed by atoms with Gasteiger partial charge < -0.3 is 14.7 Å². The van der Waals surface area contributed by atoms with Crippen LogP contribution in [0.5, 0.6) is 5.75 Å². The van der Waals surface area contributed by atoms with E-state index in [4.69, 9.17) is 4.74 Å². The van der Waals surface area contributed by atoms with Crippen LogP contribution < -0.4 is 4.74 Å². The smallest absolute Gasteiger partial charge is 0.295 e. The first-order chi connectivity index (χ1) is 16.4. The van der Waals surface area contributed by atoms with E-state index in [1.165, 1.54) is 0 Å². The molecule has 0 aromatic heterocycles.